The third kappa shape index (κ3) is 2.18. The highest BCUT2D eigenvalue weighted by molar-refractivity contribution is 9.10. The molecule has 1 aromatic heterocycles. The van der Waals surface area contributed by atoms with Crippen LogP contribution in [0.4, 0.5) is 0 Å². The van der Waals surface area contributed by atoms with Crippen molar-refractivity contribution in [1.82, 2.24) is 9.78 Å². The summed E-state index contributed by atoms with van der Waals surface area (Å²) in [5, 5.41) is 3.73. The second-order valence-corrected chi connectivity index (χ2v) is 4.58. The van der Waals surface area contributed by atoms with Gasteiger partial charge in [0.25, 0.3) is 5.24 Å². The summed E-state index contributed by atoms with van der Waals surface area (Å²) in [6.07, 6.45) is 0. The third-order valence-electron chi connectivity index (χ3n) is 2.22. The molecule has 0 fully saturated rings. The number of hydrogen-bond donors (Lipinski definition) is 0. The molecule has 2 rings (SSSR count). The van der Waals surface area contributed by atoms with Crippen LogP contribution in [0.1, 0.15) is 10.5 Å². The van der Waals surface area contributed by atoms with Crippen LogP contribution in [0.5, 0.6) is 0 Å². The summed E-state index contributed by atoms with van der Waals surface area (Å²) in [4.78, 5) is 11.1. The van der Waals surface area contributed by atoms with Gasteiger partial charge < -0.3 is 0 Å². The van der Waals surface area contributed by atoms with Gasteiger partial charge in [-0.1, -0.05) is 28.1 Å². The minimum absolute atomic E-state index is 0.389. The van der Waals surface area contributed by atoms with Crippen molar-refractivity contribution in [1.29, 1.82) is 0 Å². The molecule has 0 aliphatic heterocycles. The number of aryl methyl sites for hydroxylation is 1. The quantitative estimate of drug-likeness (QED) is 0.798. The molecule has 0 bridgehead atoms. The number of carbonyl (C=O) groups excluding carboxylic acids is 1. The van der Waals surface area contributed by atoms with Crippen molar-refractivity contribution < 1.29 is 4.79 Å². The van der Waals surface area contributed by atoms with Crippen molar-refractivity contribution in [2.24, 2.45) is 7.05 Å². The predicted molar refractivity (Wildman–Crippen MR) is 66.5 cm³/mol. The lowest BCUT2D eigenvalue weighted by Gasteiger charge is -1.95. The van der Waals surface area contributed by atoms with E-state index in [0.717, 1.165) is 15.7 Å². The fraction of sp³-hybridized carbons (Fsp3) is 0.0909. The molecule has 1 heterocycles. The SMILES string of the molecule is Cn1nc(-c2ccc(Br)cc2)cc1C(=O)Cl. The normalized spacial score (nSPS) is 10.4. The third-order valence-corrected chi connectivity index (χ3v) is 2.94. The van der Waals surface area contributed by atoms with Gasteiger partial charge >= 0.3 is 0 Å². The second kappa shape index (κ2) is 4.39. The monoisotopic (exact) mass is 298 g/mol. The fourth-order valence-electron chi connectivity index (χ4n) is 1.41. The summed E-state index contributed by atoms with van der Waals surface area (Å²) < 4.78 is 2.48. The molecule has 0 atom stereocenters. The van der Waals surface area contributed by atoms with Crippen LogP contribution in [0, 0.1) is 0 Å². The number of nitrogens with zero attached hydrogens (tertiary/aromatic N) is 2. The number of carbonyl (C=O) groups is 1. The van der Waals surface area contributed by atoms with E-state index in [1.165, 1.54) is 4.68 Å². The van der Waals surface area contributed by atoms with E-state index in [2.05, 4.69) is 21.0 Å². The second-order valence-electron chi connectivity index (χ2n) is 3.32. The van der Waals surface area contributed by atoms with Crippen LogP contribution in [0.3, 0.4) is 0 Å². The van der Waals surface area contributed by atoms with Gasteiger partial charge in [-0.25, -0.2) is 0 Å². The van der Waals surface area contributed by atoms with Crippen molar-refractivity contribution in [3.05, 3.63) is 40.5 Å². The number of halogens is 2. The van der Waals surface area contributed by atoms with Gasteiger partial charge in [-0.15, -0.1) is 0 Å². The van der Waals surface area contributed by atoms with Crippen LogP contribution in [0.2, 0.25) is 0 Å². The molecule has 0 aliphatic rings. The minimum atomic E-state index is -0.502. The maximum absolute atomic E-state index is 11.1. The number of aromatic nitrogens is 2. The summed E-state index contributed by atoms with van der Waals surface area (Å²) in [7, 11) is 1.69. The first-order chi connectivity index (χ1) is 7.58. The van der Waals surface area contributed by atoms with Crippen LogP contribution in [-0.2, 0) is 7.05 Å². The number of rotatable bonds is 2. The van der Waals surface area contributed by atoms with E-state index in [1.54, 1.807) is 13.1 Å². The number of hydrogen-bond acceptors (Lipinski definition) is 2. The minimum Gasteiger partial charge on any atom is -0.274 e. The topological polar surface area (TPSA) is 34.9 Å². The van der Waals surface area contributed by atoms with Crippen molar-refractivity contribution in [2.75, 3.05) is 0 Å². The van der Waals surface area contributed by atoms with Gasteiger partial charge in [0.2, 0.25) is 0 Å². The maximum Gasteiger partial charge on any atom is 0.270 e. The lowest BCUT2D eigenvalue weighted by molar-refractivity contribution is 0.107. The molecule has 5 heteroatoms. The van der Waals surface area contributed by atoms with Crippen molar-refractivity contribution >= 4 is 32.8 Å². The Labute approximate surface area is 106 Å². The molecule has 2 aromatic rings. The molecular weight excluding hydrogens is 291 g/mol. The molecule has 82 valence electrons. The zero-order valence-corrected chi connectivity index (χ0v) is 10.8. The Morgan fingerprint density at radius 2 is 2.00 bits per heavy atom. The van der Waals surface area contributed by atoms with E-state index in [9.17, 15) is 4.79 Å². The highest BCUT2D eigenvalue weighted by Gasteiger charge is 2.11. The first-order valence-corrected chi connectivity index (χ1v) is 5.75. The maximum atomic E-state index is 11.1. The zero-order chi connectivity index (χ0) is 11.7. The molecular formula is C11H8BrClN2O. The van der Waals surface area contributed by atoms with E-state index in [0.29, 0.717) is 5.69 Å². The van der Waals surface area contributed by atoms with E-state index in [4.69, 9.17) is 11.6 Å². The molecule has 0 amide bonds. The van der Waals surface area contributed by atoms with Gasteiger partial charge in [0.05, 0.1) is 5.69 Å². The van der Waals surface area contributed by atoms with Crippen LogP contribution in [0.15, 0.2) is 34.8 Å². The molecule has 0 unspecified atom stereocenters. The Morgan fingerprint density at radius 1 is 1.38 bits per heavy atom. The lowest BCUT2D eigenvalue weighted by Crippen LogP contribution is -2.00. The van der Waals surface area contributed by atoms with Crippen LogP contribution >= 0.6 is 27.5 Å². The summed E-state index contributed by atoms with van der Waals surface area (Å²) in [5.41, 5.74) is 2.07. The van der Waals surface area contributed by atoms with Crippen molar-refractivity contribution in [2.45, 2.75) is 0 Å². The van der Waals surface area contributed by atoms with E-state index in [-0.39, 0.29) is 0 Å². The molecule has 16 heavy (non-hydrogen) atoms. The molecule has 0 saturated carbocycles. The molecule has 0 spiro atoms. The van der Waals surface area contributed by atoms with Gasteiger partial charge in [0, 0.05) is 17.1 Å². The van der Waals surface area contributed by atoms with Crippen LogP contribution in [-0.4, -0.2) is 15.0 Å². The van der Waals surface area contributed by atoms with Crippen molar-refractivity contribution in [3.8, 4) is 11.3 Å². The lowest BCUT2D eigenvalue weighted by atomic mass is 10.1. The summed E-state index contributed by atoms with van der Waals surface area (Å²) in [6.45, 7) is 0. The zero-order valence-electron chi connectivity index (χ0n) is 8.45. The van der Waals surface area contributed by atoms with Crippen molar-refractivity contribution in [3.63, 3.8) is 0 Å². The smallest absolute Gasteiger partial charge is 0.270 e. The number of benzene rings is 1. The highest BCUT2D eigenvalue weighted by Crippen LogP contribution is 2.21. The van der Waals surface area contributed by atoms with E-state index < -0.39 is 5.24 Å². The summed E-state index contributed by atoms with van der Waals surface area (Å²) in [6, 6.07) is 9.38. The predicted octanol–water partition coefficient (Wildman–Crippen LogP) is 3.23. The van der Waals surface area contributed by atoms with Gasteiger partial charge in [-0.05, 0) is 29.8 Å². The van der Waals surface area contributed by atoms with Gasteiger partial charge in [0.15, 0.2) is 0 Å². The Bertz CT molecular complexity index is 533. The van der Waals surface area contributed by atoms with Crippen LogP contribution < -0.4 is 0 Å². The molecule has 0 radical (unpaired) electrons. The van der Waals surface area contributed by atoms with Crippen LogP contribution in [0.25, 0.3) is 11.3 Å². The Hall–Kier alpha value is -1.13. The largest absolute Gasteiger partial charge is 0.274 e. The summed E-state index contributed by atoms with van der Waals surface area (Å²) in [5.74, 6) is 0. The Balaban J connectivity index is 2.45. The summed E-state index contributed by atoms with van der Waals surface area (Å²) >= 11 is 8.79. The molecule has 3 nitrogen and oxygen atoms in total. The highest BCUT2D eigenvalue weighted by atomic mass is 79.9. The first kappa shape index (κ1) is 11.4. The molecule has 0 saturated heterocycles. The van der Waals surface area contributed by atoms with E-state index in [1.807, 2.05) is 24.3 Å². The molecule has 0 aliphatic carbocycles. The molecule has 0 N–H and O–H groups in total. The van der Waals surface area contributed by atoms with Gasteiger partial charge in [0.1, 0.15) is 5.69 Å². The van der Waals surface area contributed by atoms with Gasteiger partial charge in [-0.3, -0.25) is 9.48 Å². The Kier molecular flexibility index (Phi) is 3.12. The molecule has 1 aromatic carbocycles. The first-order valence-electron chi connectivity index (χ1n) is 4.58. The Morgan fingerprint density at radius 3 is 2.50 bits per heavy atom. The fourth-order valence-corrected chi connectivity index (χ4v) is 1.85. The average molecular weight is 300 g/mol. The van der Waals surface area contributed by atoms with E-state index >= 15 is 0 Å². The van der Waals surface area contributed by atoms with Gasteiger partial charge in [-0.2, -0.15) is 5.10 Å². The standard InChI is InChI=1S/C11H8BrClN2O/c1-15-10(11(13)16)6-9(14-15)7-2-4-8(12)5-3-7/h2-6H,1H3. The average Bonchev–Trinajstić information content (AvgIpc) is 2.61.